The Kier molecular flexibility index (Phi) is 3.36. The predicted molar refractivity (Wildman–Crippen MR) is 79.0 cm³/mol. The lowest BCUT2D eigenvalue weighted by molar-refractivity contribution is 0.0469. The van der Waals surface area contributed by atoms with Crippen molar-refractivity contribution in [1.29, 1.82) is 0 Å². The summed E-state index contributed by atoms with van der Waals surface area (Å²) in [6.45, 7) is 0.391. The summed E-state index contributed by atoms with van der Waals surface area (Å²) in [4.78, 5) is 12.0. The number of nitrogens with two attached hydrogens (primary N) is 1. The summed E-state index contributed by atoms with van der Waals surface area (Å²) in [5.41, 5.74) is 9.11. The molecule has 0 spiro atoms. The SMILES string of the molecule is Nc1cc(Cl)cc(C(=O)OCC2Cc3ccccc32)c1. The van der Waals surface area contributed by atoms with E-state index < -0.39 is 0 Å². The Morgan fingerprint density at radius 2 is 2.10 bits per heavy atom. The number of rotatable bonds is 3. The zero-order valence-corrected chi connectivity index (χ0v) is 11.6. The second kappa shape index (κ2) is 5.17. The number of hydrogen-bond acceptors (Lipinski definition) is 3. The van der Waals surface area contributed by atoms with E-state index >= 15 is 0 Å². The number of benzene rings is 2. The fourth-order valence-corrected chi connectivity index (χ4v) is 2.74. The van der Waals surface area contributed by atoms with E-state index in [1.165, 1.54) is 11.1 Å². The Morgan fingerprint density at radius 1 is 1.30 bits per heavy atom. The van der Waals surface area contributed by atoms with Crippen LogP contribution in [0.15, 0.2) is 42.5 Å². The van der Waals surface area contributed by atoms with E-state index in [1.807, 2.05) is 12.1 Å². The normalized spacial score (nSPS) is 16.1. The van der Waals surface area contributed by atoms with Crippen LogP contribution in [0.1, 0.15) is 27.4 Å². The van der Waals surface area contributed by atoms with E-state index in [-0.39, 0.29) is 5.97 Å². The van der Waals surface area contributed by atoms with Gasteiger partial charge in [-0.1, -0.05) is 35.9 Å². The first kappa shape index (κ1) is 13.0. The molecule has 2 aromatic carbocycles. The molecule has 1 aliphatic rings. The molecule has 0 aromatic heterocycles. The van der Waals surface area contributed by atoms with E-state index in [1.54, 1.807) is 18.2 Å². The molecule has 1 unspecified atom stereocenters. The van der Waals surface area contributed by atoms with Crippen LogP contribution in [0.2, 0.25) is 5.02 Å². The molecule has 0 bridgehead atoms. The van der Waals surface area contributed by atoms with E-state index in [2.05, 4.69) is 12.1 Å². The van der Waals surface area contributed by atoms with Crippen molar-refractivity contribution < 1.29 is 9.53 Å². The van der Waals surface area contributed by atoms with Crippen molar-refractivity contribution in [3.8, 4) is 0 Å². The third-order valence-electron chi connectivity index (χ3n) is 3.53. The summed E-state index contributed by atoms with van der Waals surface area (Å²) in [5.74, 6) is -0.0877. The zero-order valence-electron chi connectivity index (χ0n) is 10.8. The summed E-state index contributed by atoms with van der Waals surface area (Å²) in [5, 5.41) is 0.436. The average Bonchev–Trinajstić information content (AvgIpc) is 2.38. The van der Waals surface area contributed by atoms with Crippen LogP contribution in [0.5, 0.6) is 0 Å². The number of carbonyl (C=O) groups excluding carboxylic acids is 1. The van der Waals surface area contributed by atoms with Crippen molar-refractivity contribution in [2.45, 2.75) is 12.3 Å². The molecular weight excluding hydrogens is 274 g/mol. The van der Waals surface area contributed by atoms with E-state index in [0.29, 0.717) is 28.8 Å². The first-order valence-corrected chi connectivity index (χ1v) is 6.82. The molecule has 102 valence electrons. The molecule has 0 fully saturated rings. The number of halogens is 1. The molecule has 3 nitrogen and oxygen atoms in total. The molecule has 4 heteroatoms. The van der Waals surface area contributed by atoms with Gasteiger partial charge < -0.3 is 10.5 Å². The highest BCUT2D eigenvalue weighted by atomic mass is 35.5. The van der Waals surface area contributed by atoms with Gasteiger partial charge in [0, 0.05) is 16.6 Å². The third kappa shape index (κ3) is 2.49. The molecule has 0 aliphatic heterocycles. The van der Waals surface area contributed by atoms with Crippen molar-refractivity contribution in [1.82, 2.24) is 0 Å². The Hall–Kier alpha value is -2.00. The number of anilines is 1. The van der Waals surface area contributed by atoms with Gasteiger partial charge in [0.25, 0.3) is 0 Å². The highest BCUT2D eigenvalue weighted by molar-refractivity contribution is 6.31. The van der Waals surface area contributed by atoms with Crippen molar-refractivity contribution in [2.75, 3.05) is 12.3 Å². The summed E-state index contributed by atoms with van der Waals surface area (Å²) in [6.07, 6.45) is 0.959. The first-order valence-electron chi connectivity index (χ1n) is 6.44. The largest absolute Gasteiger partial charge is 0.461 e. The van der Waals surface area contributed by atoms with Crippen molar-refractivity contribution in [2.24, 2.45) is 0 Å². The lowest BCUT2D eigenvalue weighted by Crippen LogP contribution is -2.23. The quantitative estimate of drug-likeness (QED) is 0.695. The van der Waals surface area contributed by atoms with E-state index in [0.717, 1.165) is 6.42 Å². The van der Waals surface area contributed by atoms with Gasteiger partial charge in [0.05, 0.1) is 12.2 Å². The number of nitrogen functional groups attached to an aromatic ring is 1. The number of esters is 1. The Balaban J connectivity index is 1.64. The maximum atomic E-state index is 12.0. The Bertz CT molecular complexity index is 649. The minimum atomic E-state index is -0.386. The van der Waals surface area contributed by atoms with Gasteiger partial charge in [-0.2, -0.15) is 0 Å². The second-order valence-corrected chi connectivity index (χ2v) is 5.41. The number of fused-ring (bicyclic) bond motifs is 1. The second-order valence-electron chi connectivity index (χ2n) is 4.97. The fourth-order valence-electron chi connectivity index (χ4n) is 2.50. The van der Waals surface area contributed by atoms with Gasteiger partial charge in [0.15, 0.2) is 0 Å². The molecule has 1 aliphatic carbocycles. The van der Waals surface area contributed by atoms with Crippen LogP contribution in [0.3, 0.4) is 0 Å². The van der Waals surface area contributed by atoms with Gasteiger partial charge >= 0.3 is 5.97 Å². The van der Waals surface area contributed by atoms with E-state index in [9.17, 15) is 4.79 Å². The van der Waals surface area contributed by atoms with Gasteiger partial charge in [-0.05, 0) is 35.7 Å². The van der Waals surface area contributed by atoms with Crippen molar-refractivity contribution in [3.63, 3.8) is 0 Å². The van der Waals surface area contributed by atoms with Crippen LogP contribution in [0.25, 0.3) is 0 Å². The third-order valence-corrected chi connectivity index (χ3v) is 3.75. The summed E-state index contributed by atoms with van der Waals surface area (Å²) >= 11 is 5.87. The van der Waals surface area contributed by atoms with E-state index in [4.69, 9.17) is 22.1 Å². The maximum Gasteiger partial charge on any atom is 0.338 e. The molecular formula is C16H14ClNO2. The van der Waals surface area contributed by atoms with Crippen molar-refractivity contribution >= 4 is 23.3 Å². The van der Waals surface area contributed by atoms with Crippen LogP contribution < -0.4 is 5.73 Å². The summed E-state index contributed by atoms with van der Waals surface area (Å²) < 4.78 is 5.35. The van der Waals surface area contributed by atoms with Gasteiger partial charge in [-0.25, -0.2) is 4.79 Å². The topological polar surface area (TPSA) is 52.3 Å². The number of hydrogen-bond donors (Lipinski definition) is 1. The van der Waals surface area contributed by atoms with Crippen LogP contribution in [-0.4, -0.2) is 12.6 Å². The van der Waals surface area contributed by atoms with Crippen LogP contribution in [0.4, 0.5) is 5.69 Å². The van der Waals surface area contributed by atoms with Crippen LogP contribution in [0, 0.1) is 0 Å². The summed E-state index contributed by atoms with van der Waals surface area (Å²) in [6, 6.07) is 12.9. The Morgan fingerprint density at radius 3 is 2.85 bits per heavy atom. The number of carbonyl (C=O) groups is 1. The molecule has 0 heterocycles. The molecule has 0 saturated heterocycles. The first-order chi connectivity index (χ1) is 9.63. The summed E-state index contributed by atoms with van der Waals surface area (Å²) in [7, 11) is 0. The molecule has 0 radical (unpaired) electrons. The molecule has 0 saturated carbocycles. The molecule has 2 N–H and O–H groups in total. The lowest BCUT2D eigenvalue weighted by atomic mass is 9.78. The van der Waals surface area contributed by atoms with Crippen LogP contribution >= 0.6 is 11.6 Å². The fraction of sp³-hybridized carbons (Fsp3) is 0.188. The molecule has 2 aromatic rings. The van der Waals surface area contributed by atoms with Gasteiger partial charge in [0.1, 0.15) is 0 Å². The smallest absolute Gasteiger partial charge is 0.338 e. The highest BCUT2D eigenvalue weighted by Gasteiger charge is 2.26. The maximum absolute atomic E-state index is 12.0. The van der Waals surface area contributed by atoms with Crippen molar-refractivity contribution in [3.05, 3.63) is 64.2 Å². The molecule has 20 heavy (non-hydrogen) atoms. The van der Waals surface area contributed by atoms with Crippen LogP contribution in [-0.2, 0) is 11.2 Å². The minimum absolute atomic E-state index is 0.298. The van der Waals surface area contributed by atoms with Gasteiger partial charge in [0.2, 0.25) is 0 Å². The number of ether oxygens (including phenoxy) is 1. The minimum Gasteiger partial charge on any atom is -0.461 e. The monoisotopic (exact) mass is 287 g/mol. The average molecular weight is 288 g/mol. The lowest BCUT2D eigenvalue weighted by Gasteiger charge is -2.29. The Labute approximate surface area is 122 Å². The molecule has 0 amide bonds. The predicted octanol–water partition coefficient (Wildman–Crippen LogP) is 3.42. The molecule has 1 atom stereocenters. The highest BCUT2D eigenvalue weighted by Crippen LogP contribution is 2.35. The van der Waals surface area contributed by atoms with Gasteiger partial charge in [-0.3, -0.25) is 0 Å². The standard InChI is InChI=1S/C16H14ClNO2/c17-13-6-11(7-14(18)8-13)16(19)20-9-12-5-10-3-1-2-4-15(10)12/h1-4,6-8,12H,5,9,18H2. The zero-order chi connectivity index (χ0) is 14.1. The molecule has 3 rings (SSSR count). The van der Waals surface area contributed by atoms with Gasteiger partial charge in [-0.15, -0.1) is 0 Å².